The molecular weight excluding hydrogens is 222 g/mol. The van der Waals surface area contributed by atoms with E-state index in [1.165, 1.54) is 5.57 Å². The Bertz CT molecular complexity index is 414. The lowest BCUT2D eigenvalue weighted by atomic mass is 10.0. The first-order valence-corrected chi connectivity index (χ1v) is 5.84. The third-order valence-corrected chi connectivity index (χ3v) is 3.14. The van der Waals surface area contributed by atoms with E-state index in [9.17, 15) is 0 Å². The number of hydrogen-bond acceptors (Lipinski definition) is 2. The highest BCUT2D eigenvalue weighted by Crippen LogP contribution is 2.28. The molecule has 2 nitrogen and oxygen atoms in total. The first-order valence-electron chi connectivity index (χ1n) is 5.46. The van der Waals surface area contributed by atoms with Crippen LogP contribution < -0.4 is 10.5 Å². The van der Waals surface area contributed by atoms with E-state index in [-0.39, 0.29) is 6.04 Å². The lowest BCUT2D eigenvalue weighted by Gasteiger charge is -2.09. The van der Waals surface area contributed by atoms with Crippen LogP contribution in [0.3, 0.4) is 0 Å². The van der Waals surface area contributed by atoms with Gasteiger partial charge in [-0.3, -0.25) is 0 Å². The summed E-state index contributed by atoms with van der Waals surface area (Å²) in [5.74, 6) is 0.894. The number of allylic oxidation sites excluding steroid dienone is 1. The molecule has 1 atom stereocenters. The van der Waals surface area contributed by atoms with Crippen molar-refractivity contribution >= 4 is 11.6 Å². The van der Waals surface area contributed by atoms with Gasteiger partial charge in [-0.05, 0) is 43.0 Å². The Morgan fingerprint density at radius 3 is 2.94 bits per heavy atom. The van der Waals surface area contributed by atoms with E-state index in [0.717, 1.165) is 35.6 Å². The monoisotopic (exact) mass is 237 g/mol. The molecule has 0 bridgehead atoms. The molecule has 86 valence electrons. The van der Waals surface area contributed by atoms with Gasteiger partial charge < -0.3 is 10.5 Å². The van der Waals surface area contributed by atoms with Gasteiger partial charge in [-0.25, -0.2) is 0 Å². The maximum atomic E-state index is 5.99. The normalized spacial score (nSPS) is 19.7. The third-order valence-electron chi connectivity index (χ3n) is 2.91. The van der Waals surface area contributed by atoms with Gasteiger partial charge in [0.2, 0.25) is 0 Å². The average molecular weight is 238 g/mol. The standard InChI is InChI=1S/C13H16ClNO/c1-16-13-5-3-11(14)8-10(13)6-9-2-4-12(15)7-9/h3,5,7-8,12H,2,4,6,15H2,1H3. The number of ether oxygens (including phenoxy) is 1. The van der Waals surface area contributed by atoms with Crippen LogP contribution in [-0.2, 0) is 6.42 Å². The minimum atomic E-state index is 0.222. The molecule has 0 spiro atoms. The lowest BCUT2D eigenvalue weighted by molar-refractivity contribution is 0.410. The van der Waals surface area contributed by atoms with Crippen molar-refractivity contribution in [3.05, 3.63) is 40.4 Å². The second-order valence-electron chi connectivity index (χ2n) is 4.16. The van der Waals surface area contributed by atoms with Crippen molar-refractivity contribution in [1.29, 1.82) is 0 Å². The zero-order valence-corrected chi connectivity index (χ0v) is 10.1. The molecular formula is C13H16ClNO. The molecule has 0 saturated heterocycles. The third kappa shape index (κ3) is 2.57. The molecule has 3 heteroatoms. The maximum Gasteiger partial charge on any atom is 0.122 e. The van der Waals surface area contributed by atoms with Crippen molar-refractivity contribution in [1.82, 2.24) is 0 Å². The van der Waals surface area contributed by atoms with Crippen molar-refractivity contribution in [2.24, 2.45) is 5.73 Å². The van der Waals surface area contributed by atoms with E-state index in [2.05, 4.69) is 6.08 Å². The van der Waals surface area contributed by atoms with Crippen LogP contribution in [0.2, 0.25) is 5.02 Å². The Hall–Kier alpha value is -0.990. The Kier molecular flexibility index (Phi) is 3.52. The quantitative estimate of drug-likeness (QED) is 0.821. The highest BCUT2D eigenvalue weighted by Gasteiger charge is 2.14. The molecule has 0 amide bonds. The van der Waals surface area contributed by atoms with Crippen molar-refractivity contribution in [2.75, 3.05) is 7.11 Å². The molecule has 1 unspecified atom stereocenters. The fourth-order valence-electron chi connectivity index (χ4n) is 2.10. The summed E-state index contributed by atoms with van der Waals surface area (Å²) in [4.78, 5) is 0. The van der Waals surface area contributed by atoms with Gasteiger partial charge in [0.05, 0.1) is 7.11 Å². The smallest absolute Gasteiger partial charge is 0.122 e. The summed E-state index contributed by atoms with van der Waals surface area (Å²) in [7, 11) is 1.68. The predicted molar refractivity (Wildman–Crippen MR) is 67.0 cm³/mol. The predicted octanol–water partition coefficient (Wildman–Crippen LogP) is 2.94. The van der Waals surface area contributed by atoms with Crippen molar-refractivity contribution < 1.29 is 4.74 Å². The van der Waals surface area contributed by atoms with Crippen LogP contribution in [0.15, 0.2) is 29.8 Å². The largest absolute Gasteiger partial charge is 0.496 e. The van der Waals surface area contributed by atoms with Crippen LogP contribution in [0.5, 0.6) is 5.75 Å². The van der Waals surface area contributed by atoms with E-state index in [0.29, 0.717) is 0 Å². The van der Waals surface area contributed by atoms with Gasteiger partial charge in [-0.2, -0.15) is 0 Å². The van der Waals surface area contributed by atoms with Gasteiger partial charge in [0.1, 0.15) is 5.75 Å². The summed E-state index contributed by atoms with van der Waals surface area (Å²) in [6.07, 6.45) is 5.17. The van der Waals surface area contributed by atoms with Gasteiger partial charge in [-0.1, -0.05) is 23.3 Å². The van der Waals surface area contributed by atoms with Crippen molar-refractivity contribution in [3.63, 3.8) is 0 Å². The van der Waals surface area contributed by atoms with Crippen molar-refractivity contribution in [3.8, 4) is 5.75 Å². The van der Waals surface area contributed by atoms with Crippen LogP contribution >= 0.6 is 11.6 Å². The molecule has 0 aliphatic heterocycles. The molecule has 0 heterocycles. The highest BCUT2D eigenvalue weighted by molar-refractivity contribution is 6.30. The average Bonchev–Trinajstić information content (AvgIpc) is 2.64. The number of hydrogen-bond donors (Lipinski definition) is 1. The molecule has 1 aliphatic rings. The Balaban J connectivity index is 2.20. The molecule has 0 saturated carbocycles. The fraction of sp³-hybridized carbons (Fsp3) is 0.385. The highest BCUT2D eigenvalue weighted by atomic mass is 35.5. The van der Waals surface area contributed by atoms with Crippen LogP contribution in [0.1, 0.15) is 18.4 Å². The van der Waals surface area contributed by atoms with Crippen LogP contribution in [-0.4, -0.2) is 13.2 Å². The summed E-state index contributed by atoms with van der Waals surface area (Å²) >= 11 is 5.99. The van der Waals surface area contributed by atoms with E-state index in [1.807, 2.05) is 18.2 Å². The molecule has 0 fully saturated rings. The van der Waals surface area contributed by atoms with Gasteiger partial charge >= 0.3 is 0 Å². The molecule has 1 aromatic rings. The summed E-state index contributed by atoms with van der Waals surface area (Å²) in [5.41, 5.74) is 8.36. The summed E-state index contributed by atoms with van der Waals surface area (Å²) in [6.45, 7) is 0. The van der Waals surface area contributed by atoms with Gasteiger partial charge in [0.25, 0.3) is 0 Å². The SMILES string of the molecule is COc1ccc(Cl)cc1CC1=CC(N)CC1. The van der Waals surface area contributed by atoms with Gasteiger partial charge in [-0.15, -0.1) is 0 Å². The Morgan fingerprint density at radius 1 is 1.50 bits per heavy atom. The maximum absolute atomic E-state index is 5.99. The number of halogens is 1. The van der Waals surface area contributed by atoms with E-state index in [1.54, 1.807) is 7.11 Å². The van der Waals surface area contributed by atoms with E-state index in [4.69, 9.17) is 22.1 Å². The topological polar surface area (TPSA) is 35.2 Å². The second kappa shape index (κ2) is 4.89. The fourth-order valence-corrected chi connectivity index (χ4v) is 2.29. The number of rotatable bonds is 3. The Morgan fingerprint density at radius 2 is 2.31 bits per heavy atom. The molecule has 1 aromatic carbocycles. The minimum absolute atomic E-state index is 0.222. The molecule has 2 rings (SSSR count). The van der Waals surface area contributed by atoms with Crippen molar-refractivity contribution in [2.45, 2.75) is 25.3 Å². The summed E-state index contributed by atoms with van der Waals surface area (Å²) in [5, 5.41) is 0.749. The van der Waals surface area contributed by atoms with E-state index < -0.39 is 0 Å². The number of methoxy groups -OCH3 is 1. The molecule has 0 radical (unpaired) electrons. The first kappa shape index (κ1) is 11.5. The first-order chi connectivity index (χ1) is 7.69. The number of nitrogens with two attached hydrogens (primary N) is 1. The van der Waals surface area contributed by atoms with Gasteiger partial charge in [0, 0.05) is 11.1 Å². The van der Waals surface area contributed by atoms with Crippen LogP contribution in [0, 0.1) is 0 Å². The Labute approximate surface area is 101 Å². The van der Waals surface area contributed by atoms with Gasteiger partial charge in [0.15, 0.2) is 0 Å². The summed E-state index contributed by atoms with van der Waals surface area (Å²) < 4.78 is 5.32. The van der Waals surface area contributed by atoms with E-state index >= 15 is 0 Å². The molecule has 2 N–H and O–H groups in total. The molecule has 1 aliphatic carbocycles. The number of benzene rings is 1. The van der Waals surface area contributed by atoms with Crippen LogP contribution in [0.25, 0.3) is 0 Å². The van der Waals surface area contributed by atoms with Crippen LogP contribution in [0.4, 0.5) is 0 Å². The lowest BCUT2D eigenvalue weighted by Crippen LogP contribution is -2.11. The molecule has 0 aromatic heterocycles. The summed E-state index contributed by atoms with van der Waals surface area (Å²) in [6, 6.07) is 5.94. The zero-order chi connectivity index (χ0) is 11.5. The minimum Gasteiger partial charge on any atom is -0.496 e. The molecule has 16 heavy (non-hydrogen) atoms. The zero-order valence-electron chi connectivity index (χ0n) is 9.37. The second-order valence-corrected chi connectivity index (χ2v) is 4.60.